The third-order valence-electron chi connectivity index (χ3n) is 4.30. The van der Waals surface area contributed by atoms with Gasteiger partial charge in [-0.2, -0.15) is 0 Å². The molecule has 0 amide bonds. The van der Waals surface area contributed by atoms with Gasteiger partial charge in [0.1, 0.15) is 0 Å². The van der Waals surface area contributed by atoms with Gasteiger partial charge in [0.25, 0.3) is 0 Å². The number of nitrogens with one attached hydrogen (secondary N) is 1. The summed E-state index contributed by atoms with van der Waals surface area (Å²) in [6, 6.07) is 5.53. The number of aromatic nitrogens is 2. The lowest BCUT2D eigenvalue weighted by Crippen LogP contribution is -2.43. The van der Waals surface area contributed by atoms with Gasteiger partial charge in [-0.25, -0.2) is 31.9 Å². The molecule has 2 aromatic rings. The van der Waals surface area contributed by atoms with Crippen LogP contribution in [-0.4, -0.2) is 52.2 Å². The van der Waals surface area contributed by atoms with E-state index in [9.17, 15) is 16.8 Å². The van der Waals surface area contributed by atoms with Crippen LogP contribution in [-0.2, 0) is 19.9 Å². The largest absolute Gasteiger partial charge is 0.379 e. The minimum Gasteiger partial charge on any atom is -0.379 e. The van der Waals surface area contributed by atoms with Crippen molar-refractivity contribution in [2.45, 2.75) is 28.7 Å². The highest BCUT2D eigenvalue weighted by Gasteiger charge is 2.24. The Hall–Kier alpha value is -2.24. The summed E-state index contributed by atoms with van der Waals surface area (Å²) in [5.74, 6) is 0.622. The first kappa shape index (κ1) is 19.5. The summed E-state index contributed by atoms with van der Waals surface area (Å²) >= 11 is 0. The number of primary sulfonamides is 1. The molecule has 1 unspecified atom stereocenters. The zero-order valence-corrected chi connectivity index (χ0v) is 16.4. The van der Waals surface area contributed by atoms with Gasteiger partial charge in [-0.3, -0.25) is 0 Å². The van der Waals surface area contributed by atoms with E-state index < -0.39 is 19.9 Å². The molecule has 146 valence electrons. The van der Waals surface area contributed by atoms with Gasteiger partial charge >= 0.3 is 0 Å². The number of sulfone groups is 1. The normalized spacial score (nSPS) is 18.3. The Bertz CT molecular complexity index is 1030. The first-order chi connectivity index (χ1) is 12.6. The van der Waals surface area contributed by atoms with E-state index in [1.165, 1.54) is 12.1 Å². The Morgan fingerprint density at radius 1 is 1.19 bits per heavy atom. The number of sulfonamides is 1. The molecule has 3 rings (SSSR count). The predicted molar refractivity (Wildman–Crippen MR) is 102 cm³/mol. The average molecular weight is 412 g/mol. The van der Waals surface area contributed by atoms with Crippen molar-refractivity contribution in [1.29, 1.82) is 0 Å². The van der Waals surface area contributed by atoms with Crippen molar-refractivity contribution in [1.82, 2.24) is 9.97 Å². The molecule has 11 heteroatoms. The van der Waals surface area contributed by atoms with Crippen LogP contribution in [0.5, 0.6) is 0 Å². The van der Waals surface area contributed by atoms with Crippen molar-refractivity contribution in [3.05, 3.63) is 36.7 Å². The summed E-state index contributed by atoms with van der Waals surface area (Å²) in [7, 11) is -7.65. The molecular weight excluding hydrogens is 390 g/mol. The van der Waals surface area contributed by atoms with Gasteiger partial charge in [0.15, 0.2) is 9.84 Å². The molecule has 1 aliphatic heterocycles. The summed E-state index contributed by atoms with van der Waals surface area (Å²) in [5, 5.41) is 8.34. The van der Waals surface area contributed by atoms with Crippen LogP contribution < -0.4 is 15.4 Å². The molecule has 0 spiro atoms. The molecule has 1 atom stereocenters. The van der Waals surface area contributed by atoms with Crippen molar-refractivity contribution >= 4 is 31.5 Å². The molecule has 9 nitrogen and oxygen atoms in total. The van der Waals surface area contributed by atoms with Crippen LogP contribution in [0, 0.1) is 0 Å². The van der Waals surface area contributed by atoms with Crippen LogP contribution in [0.1, 0.15) is 12.8 Å². The number of hydrogen-bond donors (Lipinski definition) is 2. The number of hydrogen-bond acceptors (Lipinski definition) is 8. The van der Waals surface area contributed by atoms with Crippen molar-refractivity contribution in [3.63, 3.8) is 0 Å². The van der Waals surface area contributed by atoms with Gasteiger partial charge in [0, 0.05) is 37.8 Å². The van der Waals surface area contributed by atoms with Gasteiger partial charge in [-0.05, 0) is 37.1 Å². The summed E-state index contributed by atoms with van der Waals surface area (Å²) in [6.45, 7) is 1.41. The topological polar surface area (TPSA) is 135 Å². The molecule has 1 aromatic heterocycles. The van der Waals surface area contributed by atoms with Crippen LogP contribution in [0.4, 0.5) is 11.6 Å². The van der Waals surface area contributed by atoms with Crippen LogP contribution in [0.3, 0.4) is 0 Å². The molecule has 3 N–H and O–H groups in total. The Morgan fingerprint density at radius 2 is 1.89 bits per heavy atom. The van der Waals surface area contributed by atoms with Crippen molar-refractivity contribution < 1.29 is 16.8 Å². The maximum Gasteiger partial charge on any atom is 0.238 e. The lowest BCUT2D eigenvalue weighted by Gasteiger charge is -2.34. The van der Waals surface area contributed by atoms with Gasteiger partial charge in [-0.1, -0.05) is 0 Å². The lowest BCUT2D eigenvalue weighted by molar-refractivity contribution is 0.522. The van der Waals surface area contributed by atoms with Gasteiger partial charge in [0.05, 0.1) is 15.5 Å². The van der Waals surface area contributed by atoms with E-state index in [-0.39, 0.29) is 15.8 Å². The maximum atomic E-state index is 12.2. The van der Waals surface area contributed by atoms with Crippen LogP contribution >= 0.6 is 0 Å². The van der Waals surface area contributed by atoms with Gasteiger partial charge in [0.2, 0.25) is 16.0 Å². The SMILES string of the molecule is CS(=O)(=O)c1cc(S(N)(=O)=O)ccc1NC1CCCN(c2ncccn2)C1. The molecule has 27 heavy (non-hydrogen) atoms. The molecule has 0 radical (unpaired) electrons. The second kappa shape index (κ2) is 7.41. The number of rotatable bonds is 5. The van der Waals surface area contributed by atoms with E-state index in [2.05, 4.69) is 15.3 Å². The monoisotopic (exact) mass is 411 g/mol. The molecule has 1 aliphatic rings. The number of piperidine rings is 1. The highest BCUT2D eigenvalue weighted by atomic mass is 32.2. The standard InChI is InChI=1S/C16H21N5O4S2/c1-26(22,23)15-10-13(27(17,24)25)5-6-14(15)20-12-4-2-9-21(11-12)16-18-7-3-8-19-16/h3,5-8,10,12,20H,2,4,9,11H2,1H3,(H2,17,24,25). The average Bonchev–Trinajstić information content (AvgIpc) is 2.61. The molecule has 2 heterocycles. The summed E-state index contributed by atoms with van der Waals surface area (Å²) < 4.78 is 47.4. The van der Waals surface area contributed by atoms with Crippen LogP contribution in [0.2, 0.25) is 0 Å². The smallest absolute Gasteiger partial charge is 0.238 e. The molecular formula is C16H21N5O4S2. The molecule has 1 aromatic carbocycles. The summed E-state index contributed by atoms with van der Waals surface area (Å²) in [5.41, 5.74) is 0.353. The van der Waals surface area contributed by atoms with E-state index in [1.807, 2.05) is 4.90 Å². The fourth-order valence-corrected chi connectivity index (χ4v) is 4.54. The number of anilines is 2. The van der Waals surface area contributed by atoms with E-state index in [1.54, 1.807) is 18.5 Å². The Balaban J connectivity index is 1.86. The quantitative estimate of drug-likeness (QED) is 0.730. The number of nitrogens with two attached hydrogens (primary N) is 1. The first-order valence-electron chi connectivity index (χ1n) is 8.30. The Kier molecular flexibility index (Phi) is 5.36. The van der Waals surface area contributed by atoms with Crippen LogP contribution in [0.15, 0.2) is 46.5 Å². The highest BCUT2D eigenvalue weighted by Crippen LogP contribution is 2.27. The number of benzene rings is 1. The van der Waals surface area contributed by atoms with E-state index >= 15 is 0 Å². The molecule has 0 bridgehead atoms. The van der Waals surface area contributed by atoms with Crippen molar-refractivity contribution in [2.24, 2.45) is 5.14 Å². The fourth-order valence-electron chi connectivity index (χ4n) is 3.06. The highest BCUT2D eigenvalue weighted by molar-refractivity contribution is 7.91. The second-order valence-corrected chi connectivity index (χ2v) is 10.00. The first-order valence-corrected chi connectivity index (χ1v) is 11.7. The molecule has 0 aliphatic carbocycles. The van der Waals surface area contributed by atoms with Gasteiger partial charge in [-0.15, -0.1) is 0 Å². The second-order valence-electron chi connectivity index (χ2n) is 6.45. The third-order valence-corrected chi connectivity index (χ3v) is 6.34. The molecule has 1 fully saturated rings. The predicted octanol–water partition coefficient (Wildman–Crippen LogP) is 0.608. The zero-order chi connectivity index (χ0) is 19.7. The zero-order valence-electron chi connectivity index (χ0n) is 14.7. The molecule has 1 saturated heterocycles. The van der Waals surface area contributed by atoms with Crippen LogP contribution in [0.25, 0.3) is 0 Å². The summed E-state index contributed by atoms with van der Waals surface area (Å²) in [4.78, 5) is 10.2. The third kappa shape index (κ3) is 4.73. The minimum absolute atomic E-state index is 0.0385. The Labute approximate surface area is 158 Å². The van der Waals surface area contributed by atoms with Gasteiger partial charge < -0.3 is 10.2 Å². The maximum absolute atomic E-state index is 12.2. The van der Waals surface area contributed by atoms with Crippen molar-refractivity contribution in [2.75, 3.05) is 29.6 Å². The van der Waals surface area contributed by atoms with E-state index in [0.29, 0.717) is 18.2 Å². The van der Waals surface area contributed by atoms with E-state index in [4.69, 9.17) is 5.14 Å². The lowest BCUT2D eigenvalue weighted by atomic mass is 10.1. The number of nitrogens with zero attached hydrogens (tertiary/aromatic N) is 3. The van der Waals surface area contributed by atoms with E-state index in [0.717, 1.165) is 31.7 Å². The molecule has 0 saturated carbocycles. The summed E-state index contributed by atoms with van der Waals surface area (Å²) in [6.07, 6.45) is 6.11. The minimum atomic E-state index is -4.00. The Morgan fingerprint density at radius 3 is 2.52 bits per heavy atom. The fraction of sp³-hybridized carbons (Fsp3) is 0.375. The van der Waals surface area contributed by atoms with Crippen molar-refractivity contribution in [3.8, 4) is 0 Å².